The van der Waals surface area contributed by atoms with Crippen molar-refractivity contribution < 1.29 is 117 Å². The molecule has 0 N–H and O–H groups in total. The first-order valence-corrected chi connectivity index (χ1v) is 9.67. The molecule has 0 unspecified atom stereocenters. The average molecular weight is 560 g/mol. The van der Waals surface area contributed by atoms with Crippen molar-refractivity contribution in [2.24, 2.45) is 0 Å². The SMILES string of the molecule is O=S(=O)([O-])c1ccc2c(CC(F)(F)C(F)(F)C(F)(F)C(F)(F)C(F)(F)C(F)F)cccc2c1.[K+]. The molecule has 186 valence electrons. The predicted octanol–water partition coefficient (Wildman–Crippen LogP) is 2.73. The van der Waals surface area contributed by atoms with E-state index in [4.69, 9.17) is 0 Å². The first-order chi connectivity index (χ1) is 14.6. The molecule has 0 spiro atoms. The summed E-state index contributed by atoms with van der Waals surface area (Å²) in [5.41, 5.74) is -0.966. The number of hydrogen-bond donors (Lipinski definition) is 0. The van der Waals surface area contributed by atoms with E-state index in [0.29, 0.717) is 24.3 Å². The molecule has 0 atom stereocenters. The van der Waals surface area contributed by atoms with Gasteiger partial charge in [0.15, 0.2) is 0 Å². The number of halogens is 12. The number of alkyl halides is 12. The molecule has 0 aromatic heterocycles. The zero-order valence-corrected chi connectivity index (χ0v) is 20.4. The topological polar surface area (TPSA) is 57.2 Å². The van der Waals surface area contributed by atoms with Crippen molar-refractivity contribution in [3.8, 4) is 0 Å². The fraction of sp³-hybridized carbons (Fsp3) is 0.412. The summed E-state index contributed by atoms with van der Waals surface area (Å²) in [4.78, 5) is -0.885. The summed E-state index contributed by atoms with van der Waals surface area (Å²) in [6.45, 7) is 0. The van der Waals surface area contributed by atoms with Crippen LogP contribution in [-0.4, -0.2) is 49.0 Å². The number of fused-ring (bicyclic) bond motifs is 1. The zero-order valence-electron chi connectivity index (χ0n) is 16.4. The Morgan fingerprint density at radius 3 is 1.79 bits per heavy atom. The molecule has 0 fully saturated rings. The minimum absolute atomic E-state index is 0. The van der Waals surface area contributed by atoms with Crippen molar-refractivity contribution in [2.75, 3.05) is 0 Å². The third kappa shape index (κ3) is 5.11. The minimum atomic E-state index is -7.64. The molecule has 0 bridgehead atoms. The number of hydrogen-bond acceptors (Lipinski definition) is 3. The van der Waals surface area contributed by atoms with Gasteiger partial charge in [0.1, 0.15) is 10.1 Å². The summed E-state index contributed by atoms with van der Waals surface area (Å²) in [6, 6.07) is 4.25. The van der Waals surface area contributed by atoms with E-state index in [1.165, 1.54) is 0 Å². The summed E-state index contributed by atoms with van der Waals surface area (Å²) < 4.78 is 193. The van der Waals surface area contributed by atoms with Gasteiger partial charge in [0, 0.05) is 6.42 Å². The quantitative estimate of drug-likeness (QED) is 0.284. The maximum absolute atomic E-state index is 14.2. The van der Waals surface area contributed by atoms with Gasteiger partial charge in [0.2, 0.25) is 0 Å². The molecule has 2 rings (SSSR count). The minimum Gasteiger partial charge on any atom is -0.744 e. The Morgan fingerprint density at radius 1 is 0.794 bits per heavy atom. The molecule has 34 heavy (non-hydrogen) atoms. The van der Waals surface area contributed by atoms with Crippen molar-refractivity contribution in [3.05, 3.63) is 42.0 Å². The van der Waals surface area contributed by atoms with Gasteiger partial charge in [-0.15, -0.1) is 0 Å². The standard InChI is InChI=1S/C17H10F12O3S.K/c18-12(19)14(22,23)16(26,27)17(28,29)15(24,25)13(20,21)7-9-3-1-2-8-6-10(33(30,31)32)4-5-11(8)9;/h1-6,12H,7H2,(H,30,31,32);/q;+1/p-1. The molecular formula is C17H9F12KO3S. The molecule has 3 nitrogen and oxygen atoms in total. The largest absolute Gasteiger partial charge is 1.00 e. The van der Waals surface area contributed by atoms with Crippen LogP contribution in [0, 0.1) is 0 Å². The average Bonchev–Trinajstić information content (AvgIpc) is 2.66. The smallest absolute Gasteiger partial charge is 0.744 e. The van der Waals surface area contributed by atoms with Gasteiger partial charge in [0.05, 0.1) is 4.90 Å². The van der Waals surface area contributed by atoms with Crippen LogP contribution in [0.2, 0.25) is 0 Å². The van der Waals surface area contributed by atoms with E-state index < -0.39 is 68.4 Å². The summed E-state index contributed by atoms with van der Waals surface area (Å²) >= 11 is 0. The molecule has 0 heterocycles. The molecule has 17 heteroatoms. The van der Waals surface area contributed by atoms with Gasteiger partial charge >= 0.3 is 87.4 Å². The van der Waals surface area contributed by atoms with Crippen LogP contribution in [0.3, 0.4) is 0 Å². The van der Waals surface area contributed by atoms with E-state index in [0.717, 1.165) is 12.1 Å². The van der Waals surface area contributed by atoms with Gasteiger partial charge in [-0.3, -0.25) is 0 Å². The van der Waals surface area contributed by atoms with E-state index in [1.54, 1.807) is 0 Å². The fourth-order valence-corrected chi connectivity index (χ4v) is 3.27. The van der Waals surface area contributed by atoms with Gasteiger partial charge in [-0.1, -0.05) is 24.3 Å². The van der Waals surface area contributed by atoms with Crippen LogP contribution in [0.5, 0.6) is 0 Å². The number of rotatable bonds is 8. The van der Waals surface area contributed by atoms with Crippen LogP contribution < -0.4 is 51.4 Å². The van der Waals surface area contributed by atoms with E-state index in [1.807, 2.05) is 0 Å². The molecular weight excluding hydrogens is 551 g/mol. The first-order valence-electron chi connectivity index (χ1n) is 8.26. The van der Waals surface area contributed by atoms with Gasteiger partial charge in [0.25, 0.3) is 0 Å². The Morgan fingerprint density at radius 2 is 1.32 bits per heavy atom. The Bertz CT molecular complexity index is 1150. The third-order valence-corrected chi connectivity index (χ3v) is 5.42. The van der Waals surface area contributed by atoms with Crippen molar-refractivity contribution >= 4 is 20.9 Å². The molecule has 0 saturated heterocycles. The van der Waals surface area contributed by atoms with E-state index in [9.17, 15) is 65.7 Å². The first kappa shape index (κ1) is 31.4. The Labute approximate surface area is 225 Å². The molecule has 2 aromatic carbocycles. The van der Waals surface area contributed by atoms with Gasteiger partial charge < -0.3 is 4.55 Å². The van der Waals surface area contributed by atoms with Crippen LogP contribution >= 0.6 is 0 Å². The van der Waals surface area contributed by atoms with Crippen LogP contribution in [0.4, 0.5) is 52.7 Å². The molecule has 0 amide bonds. The van der Waals surface area contributed by atoms with Crippen LogP contribution in [-0.2, 0) is 16.5 Å². The van der Waals surface area contributed by atoms with Gasteiger partial charge in [-0.2, -0.15) is 43.9 Å². The summed E-state index contributed by atoms with van der Waals surface area (Å²) in [5.74, 6) is -35.8. The fourth-order valence-electron chi connectivity index (χ4n) is 2.76. The van der Waals surface area contributed by atoms with Gasteiger partial charge in [-0.25, -0.2) is 17.2 Å². The molecule has 0 aliphatic rings. The third-order valence-electron chi connectivity index (χ3n) is 4.58. The monoisotopic (exact) mass is 560 g/mol. The Balaban J connectivity index is 0.00000578. The number of benzene rings is 2. The molecule has 0 aliphatic carbocycles. The second-order valence-corrected chi connectivity index (χ2v) is 8.16. The Kier molecular flexibility index (Phi) is 8.97. The van der Waals surface area contributed by atoms with Crippen molar-refractivity contribution in [3.63, 3.8) is 0 Å². The van der Waals surface area contributed by atoms with Gasteiger partial charge in [-0.05, 0) is 28.5 Å². The van der Waals surface area contributed by atoms with Crippen molar-refractivity contribution in [1.82, 2.24) is 0 Å². The maximum Gasteiger partial charge on any atom is 1.00 e. The van der Waals surface area contributed by atoms with E-state index >= 15 is 0 Å². The Hall–Kier alpha value is -0.594. The zero-order chi connectivity index (χ0) is 25.8. The van der Waals surface area contributed by atoms with Crippen LogP contribution in [0.1, 0.15) is 5.56 Å². The summed E-state index contributed by atoms with van der Waals surface area (Å²) in [7, 11) is -5.06. The van der Waals surface area contributed by atoms with E-state index in [2.05, 4.69) is 0 Å². The second-order valence-electron chi connectivity index (χ2n) is 6.78. The summed E-state index contributed by atoms with van der Waals surface area (Å²) in [5, 5.41) is -0.849. The predicted molar refractivity (Wildman–Crippen MR) is 86.4 cm³/mol. The molecule has 2 aromatic rings. The molecule has 0 radical (unpaired) electrons. The van der Waals surface area contributed by atoms with Crippen LogP contribution in [0.25, 0.3) is 10.8 Å². The molecule has 0 saturated carbocycles. The maximum atomic E-state index is 14.2. The van der Waals surface area contributed by atoms with E-state index in [-0.39, 0.29) is 56.8 Å². The summed E-state index contributed by atoms with van der Waals surface area (Å²) in [6.07, 6.45) is -8.07. The van der Waals surface area contributed by atoms with Crippen molar-refractivity contribution in [1.29, 1.82) is 0 Å². The van der Waals surface area contributed by atoms with Crippen molar-refractivity contribution in [2.45, 2.75) is 47.4 Å². The molecule has 0 aliphatic heterocycles. The van der Waals surface area contributed by atoms with Crippen LogP contribution in [0.15, 0.2) is 41.3 Å². The normalized spacial score (nSPS) is 14.4. The second kappa shape index (κ2) is 9.70.